The number of aliphatic hydroxyl groups is 1. The Morgan fingerprint density at radius 2 is 2.05 bits per heavy atom. The van der Waals surface area contributed by atoms with Crippen LogP contribution in [0.25, 0.3) is 0 Å². The molecule has 0 fully saturated rings. The Morgan fingerprint density at radius 3 is 2.76 bits per heavy atom. The summed E-state index contributed by atoms with van der Waals surface area (Å²) in [5, 5.41) is 21.2. The van der Waals surface area contributed by atoms with Gasteiger partial charge in [0.25, 0.3) is 0 Å². The van der Waals surface area contributed by atoms with Crippen LogP contribution >= 0.6 is 11.6 Å². The monoisotopic (exact) mass is 297 g/mol. The number of fused-ring (bicyclic) bond motifs is 1. The first-order chi connectivity index (χ1) is 10.1. The first-order valence-electron chi connectivity index (χ1n) is 7.02. The Morgan fingerprint density at radius 1 is 1.29 bits per heavy atom. The second-order valence-electron chi connectivity index (χ2n) is 5.65. The van der Waals surface area contributed by atoms with Gasteiger partial charge in [-0.1, -0.05) is 48.0 Å². The standard InChI is InChI=1S/C18H16ClNO/c1-12-6-7-14(10-16(12)19)17(21)18(11-20)9-8-13-4-2-3-5-15(13)18/h2-7,10,17,21H,8-9H2,1H3. The molecule has 106 valence electrons. The molecule has 0 heterocycles. The number of nitrogens with zero attached hydrogens (tertiary/aromatic N) is 1. The predicted octanol–water partition coefficient (Wildman–Crippen LogP) is 4.09. The number of nitriles is 1. The minimum atomic E-state index is -0.880. The average Bonchev–Trinajstić information content (AvgIpc) is 2.89. The molecule has 21 heavy (non-hydrogen) atoms. The molecule has 2 nitrogen and oxygen atoms in total. The fourth-order valence-corrected chi connectivity index (χ4v) is 3.35. The van der Waals surface area contributed by atoms with Gasteiger partial charge in [0.05, 0.1) is 6.07 Å². The van der Waals surface area contributed by atoms with Gasteiger partial charge in [0.2, 0.25) is 0 Å². The van der Waals surface area contributed by atoms with Crippen molar-refractivity contribution in [2.45, 2.75) is 31.3 Å². The molecular formula is C18H16ClNO. The quantitative estimate of drug-likeness (QED) is 0.907. The van der Waals surface area contributed by atoms with Crippen LogP contribution in [0.3, 0.4) is 0 Å². The largest absolute Gasteiger partial charge is 0.386 e. The zero-order chi connectivity index (χ0) is 15.0. The van der Waals surface area contributed by atoms with Gasteiger partial charge in [-0.05, 0) is 48.1 Å². The summed E-state index contributed by atoms with van der Waals surface area (Å²) in [6.45, 7) is 1.92. The van der Waals surface area contributed by atoms with E-state index in [-0.39, 0.29) is 0 Å². The van der Waals surface area contributed by atoms with Gasteiger partial charge in [-0.25, -0.2) is 0 Å². The van der Waals surface area contributed by atoms with E-state index in [0.717, 1.165) is 23.1 Å². The normalized spacial score (nSPS) is 21.6. The maximum Gasteiger partial charge on any atom is 0.113 e. The number of rotatable bonds is 2. The zero-order valence-electron chi connectivity index (χ0n) is 11.8. The highest BCUT2D eigenvalue weighted by Gasteiger charge is 2.45. The van der Waals surface area contributed by atoms with E-state index >= 15 is 0 Å². The van der Waals surface area contributed by atoms with Crippen molar-refractivity contribution in [3.8, 4) is 6.07 Å². The molecule has 3 rings (SSSR count). The van der Waals surface area contributed by atoms with Gasteiger partial charge >= 0.3 is 0 Å². The number of hydrogen-bond donors (Lipinski definition) is 1. The Kier molecular flexibility index (Phi) is 3.49. The zero-order valence-corrected chi connectivity index (χ0v) is 12.6. The molecule has 3 heteroatoms. The van der Waals surface area contributed by atoms with E-state index in [9.17, 15) is 10.4 Å². The van der Waals surface area contributed by atoms with Crippen LogP contribution < -0.4 is 0 Å². The number of benzene rings is 2. The molecule has 2 unspecified atom stereocenters. The van der Waals surface area contributed by atoms with E-state index in [0.29, 0.717) is 17.0 Å². The summed E-state index contributed by atoms with van der Waals surface area (Å²) in [4.78, 5) is 0. The summed E-state index contributed by atoms with van der Waals surface area (Å²) >= 11 is 6.16. The van der Waals surface area contributed by atoms with E-state index in [4.69, 9.17) is 11.6 Å². The topological polar surface area (TPSA) is 44.0 Å². The fourth-order valence-electron chi connectivity index (χ4n) is 3.17. The van der Waals surface area contributed by atoms with Crippen molar-refractivity contribution in [3.05, 3.63) is 69.7 Å². The summed E-state index contributed by atoms with van der Waals surface area (Å²) in [6, 6.07) is 15.7. The van der Waals surface area contributed by atoms with Crippen LogP contribution in [-0.4, -0.2) is 5.11 Å². The Hall–Kier alpha value is -1.82. The molecule has 2 aromatic carbocycles. The highest BCUT2D eigenvalue weighted by Crippen LogP contribution is 2.47. The summed E-state index contributed by atoms with van der Waals surface area (Å²) < 4.78 is 0. The number of halogens is 1. The lowest BCUT2D eigenvalue weighted by Gasteiger charge is -2.29. The van der Waals surface area contributed by atoms with Crippen molar-refractivity contribution in [3.63, 3.8) is 0 Å². The van der Waals surface area contributed by atoms with Crippen molar-refractivity contribution in [2.24, 2.45) is 0 Å². The Labute approximate surface area is 129 Å². The average molecular weight is 298 g/mol. The molecule has 0 aliphatic heterocycles. The van der Waals surface area contributed by atoms with Crippen LogP contribution in [0.5, 0.6) is 0 Å². The van der Waals surface area contributed by atoms with Crippen molar-refractivity contribution in [2.75, 3.05) is 0 Å². The van der Waals surface area contributed by atoms with E-state index in [2.05, 4.69) is 6.07 Å². The van der Waals surface area contributed by atoms with Crippen molar-refractivity contribution in [1.29, 1.82) is 5.26 Å². The third kappa shape index (κ3) is 2.14. The summed E-state index contributed by atoms with van der Waals surface area (Å²) in [5.74, 6) is 0. The lowest BCUT2D eigenvalue weighted by molar-refractivity contribution is 0.111. The minimum Gasteiger partial charge on any atom is -0.386 e. The molecule has 1 aliphatic carbocycles. The highest BCUT2D eigenvalue weighted by atomic mass is 35.5. The summed E-state index contributed by atoms with van der Waals surface area (Å²) in [5.41, 5.74) is 2.87. The minimum absolute atomic E-state index is 0.617. The van der Waals surface area contributed by atoms with Crippen LogP contribution in [0.4, 0.5) is 0 Å². The highest BCUT2D eigenvalue weighted by molar-refractivity contribution is 6.31. The lowest BCUT2D eigenvalue weighted by atomic mass is 9.75. The summed E-state index contributed by atoms with van der Waals surface area (Å²) in [7, 11) is 0. The molecule has 0 bridgehead atoms. The van der Waals surface area contributed by atoms with E-state index in [1.807, 2.05) is 43.3 Å². The van der Waals surface area contributed by atoms with Crippen LogP contribution in [-0.2, 0) is 11.8 Å². The maximum atomic E-state index is 10.9. The van der Waals surface area contributed by atoms with E-state index in [1.165, 1.54) is 0 Å². The third-order valence-electron chi connectivity index (χ3n) is 4.46. The van der Waals surface area contributed by atoms with Gasteiger partial charge in [-0.15, -0.1) is 0 Å². The number of hydrogen-bond acceptors (Lipinski definition) is 2. The van der Waals surface area contributed by atoms with Crippen LogP contribution in [0.2, 0.25) is 5.02 Å². The van der Waals surface area contributed by atoms with Gasteiger partial charge < -0.3 is 5.11 Å². The number of aryl methyl sites for hydroxylation is 2. The molecule has 2 atom stereocenters. The van der Waals surface area contributed by atoms with E-state index in [1.54, 1.807) is 6.07 Å². The van der Waals surface area contributed by atoms with Crippen LogP contribution in [0, 0.1) is 18.3 Å². The second-order valence-corrected chi connectivity index (χ2v) is 6.06. The lowest BCUT2D eigenvalue weighted by Crippen LogP contribution is -2.29. The molecule has 0 aromatic heterocycles. The maximum absolute atomic E-state index is 10.9. The van der Waals surface area contributed by atoms with E-state index < -0.39 is 11.5 Å². The molecule has 0 radical (unpaired) electrons. The fraction of sp³-hybridized carbons (Fsp3) is 0.278. The molecule has 1 N–H and O–H groups in total. The first-order valence-corrected chi connectivity index (χ1v) is 7.40. The second kappa shape index (κ2) is 5.18. The SMILES string of the molecule is Cc1ccc(C(O)C2(C#N)CCc3ccccc32)cc1Cl. The van der Waals surface area contributed by atoms with Crippen molar-refractivity contribution < 1.29 is 5.11 Å². The van der Waals surface area contributed by atoms with Gasteiger partial charge in [0.1, 0.15) is 11.5 Å². The first kappa shape index (κ1) is 14.1. The van der Waals surface area contributed by atoms with Gasteiger partial charge in [0, 0.05) is 5.02 Å². The van der Waals surface area contributed by atoms with Crippen LogP contribution in [0.1, 0.15) is 34.8 Å². The molecule has 0 saturated heterocycles. The summed E-state index contributed by atoms with van der Waals surface area (Å²) in [6.07, 6.45) is 0.583. The van der Waals surface area contributed by atoms with Gasteiger partial charge in [0.15, 0.2) is 0 Å². The smallest absolute Gasteiger partial charge is 0.113 e. The van der Waals surface area contributed by atoms with Gasteiger partial charge in [-0.3, -0.25) is 0 Å². The Bertz CT molecular complexity index is 734. The molecular weight excluding hydrogens is 282 g/mol. The molecule has 2 aromatic rings. The molecule has 0 spiro atoms. The predicted molar refractivity (Wildman–Crippen MR) is 83.2 cm³/mol. The number of aliphatic hydroxyl groups excluding tert-OH is 1. The van der Waals surface area contributed by atoms with Crippen molar-refractivity contribution >= 4 is 11.6 Å². The van der Waals surface area contributed by atoms with Crippen LogP contribution in [0.15, 0.2) is 42.5 Å². The molecule has 1 aliphatic rings. The van der Waals surface area contributed by atoms with Crippen molar-refractivity contribution in [1.82, 2.24) is 0 Å². The van der Waals surface area contributed by atoms with Gasteiger partial charge in [-0.2, -0.15) is 5.26 Å². The third-order valence-corrected chi connectivity index (χ3v) is 4.87. The molecule has 0 amide bonds. The molecule has 0 saturated carbocycles. The Balaban J connectivity index is 2.09.